The molecule has 0 bridgehead atoms. The number of anilines is 1. The Balaban J connectivity index is 2.84. The molecule has 21 heavy (non-hydrogen) atoms. The van der Waals surface area contributed by atoms with Crippen LogP contribution in [-0.2, 0) is 4.79 Å². The van der Waals surface area contributed by atoms with Crippen molar-refractivity contribution in [1.29, 1.82) is 0 Å². The number of nitrogens with two attached hydrogens (primary N) is 1. The maximum absolute atomic E-state index is 11.9. The first kappa shape index (κ1) is 16.7. The van der Waals surface area contributed by atoms with E-state index >= 15 is 0 Å². The van der Waals surface area contributed by atoms with Gasteiger partial charge in [-0.1, -0.05) is 11.6 Å². The molecule has 9 heteroatoms. The Bertz CT molecular complexity index is 589. The minimum atomic E-state index is -0.733. The van der Waals surface area contributed by atoms with Gasteiger partial charge >= 0.3 is 0 Å². The van der Waals surface area contributed by atoms with E-state index in [4.69, 9.17) is 17.3 Å². The molecule has 8 nitrogen and oxygen atoms in total. The molecule has 0 aliphatic carbocycles. The van der Waals surface area contributed by atoms with E-state index in [2.05, 4.69) is 10.6 Å². The van der Waals surface area contributed by atoms with Crippen LogP contribution in [0.4, 0.5) is 11.4 Å². The summed E-state index contributed by atoms with van der Waals surface area (Å²) in [5, 5.41) is 15.6. The molecular weight excluding hydrogens is 300 g/mol. The van der Waals surface area contributed by atoms with Gasteiger partial charge in [0.1, 0.15) is 5.69 Å². The van der Waals surface area contributed by atoms with E-state index in [0.29, 0.717) is 0 Å². The topological polar surface area (TPSA) is 127 Å². The van der Waals surface area contributed by atoms with E-state index < -0.39 is 16.5 Å². The Labute approximate surface area is 125 Å². The average molecular weight is 315 g/mol. The van der Waals surface area contributed by atoms with Gasteiger partial charge in [0.15, 0.2) is 0 Å². The molecule has 0 aromatic heterocycles. The second kappa shape index (κ2) is 6.89. The van der Waals surface area contributed by atoms with E-state index in [1.54, 1.807) is 13.8 Å². The van der Waals surface area contributed by atoms with Crippen LogP contribution in [-0.4, -0.2) is 29.3 Å². The van der Waals surface area contributed by atoms with Crippen LogP contribution in [0.5, 0.6) is 0 Å². The number of nitrogens with zero attached hydrogens (tertiary/aromatic N) is 1. The lowest BCUT2D eigenvalue weighted by atomic mass is 10.1. The summed E-state index contributed by atoms with van der Waals surface area (Å²) in [4.78, 5) is 33.3. The molecule has 0 atom stereocenters. The molecule has 1 aromatic carbocycles. The van der Waals surface area contributed by atoms with Crippen LogP contribution < -0.4 is 16.4 Å². The number of hydrogen-bond donors (Lipinski definition) is 3. The highest BCUT2D eigenvalue weighted by Crippen LogP contribution is 2.30. The molecule has 0 aliphatic heterocycles. The van der Waals surface area contributed by atoms with Crippen molar-refractivity contribution < 1.29 is 14.5 Å². The van der Waals surface area contributed by atoms with Crippen molar-refractivity contribution in [3.63, 3.8) is 0 Å². The van der Waals surface area contributed by atoms with Crippen molar-refractivity contribution in [1.82, 2.24) is 10.6 Å². The Hall–Kier alpha value is -2.35. The minimum Gasteiger partial charge on any atom is -0.392 e. The van der Waals surface area contributed by atoms with Gasteiger partial charge in [-0.15, -0.1) is 0 Å². The number of nitro groups is 1. The first-order valence-corrected chi connectivity index (χ1v) is 6.41. The lowest BCUT2D eigenvalue weighted by molar-refractivity contribution is -0.383. The van der Waals surface area contributed by atoms with Gasteiger partial charge in [-0.05, 0) is 19.9 Å². The molecule has 114 valence electrons. The first-order chi connectivity index (χ1) is 9.72. The van der Waals surface area contributed by atoms with Gasteiger partial charge in [-0.2, -0.15) is 0 Å². The zero-order valence-electron chi connectivity index (χ0n) is 11.5. The molecule has 4 N–H and O–H groups in total. The van der Waals surface area contributed by atoms with Crippen molar-refractivity contribution >= 4 is 34.8 Å². The number of nitrogen functional groups attached to an aromatic ring is 1. The highest BCUT2D eigenvalue weighted by Gasteiger charge is 2.19. The Kier molecular flexibility index (Phi) is 5.48. The third-order valence-corrected chi connectivity index (χ3v) is 2.74. The van der Waals surface area contributed by atoms with E-state index in [0.717, 1.165) is 6.07 Å². The van der Waals surface area contributed by atoms with Gasteiger partial charge in [-0.25, -0.2) is 0 Å². The fourth-order valence-corrected chi connectivity index (χ4v) is 1.74. The van der Waals surface area contributed by atoms with Crippen molar-refractivity contribution in [3.8, 4) is 0 Å². The van der Waals surface area contributed by atoms with Crippen LogP contribution in [0.1, 0.15) is 24.2 Å². The summed E-state index contributed by atoms with van der Waals surface area (Å²) >= 11 is 5.75. The molecule has 0 saturated heterocycles. The summed E-state index contributed by atoms with van der Waals surface area (Å²) in [6.07, 6.45) is 0. The smallest absolute Gasteiger partial charge is 0.294 e. The second-order valence-corrected chi connectivity index (χ2v) is 4.96. The third-order valence-electron chi connectivity index (χ3n) is 2.43. The number of nitrogens with one attached hydrogen (secondary N) is 2. The molecular formula is C12H15ClN4O4. The Morgan fingerprint density at radius 2 is 2.05 bits per heavy atom. The molecule has 2 amide bonds. The van der Waals surface area contributed by atoms with Gasteiger partial charge in [0.2, 0.25) is 5.91 Å². The van der Waals surface area contributed by atoms with Crippen LogP contribution in [0.25, 0.3) is 0 Å². The molecule has 0 fully saturated rings. The Morgan fingerprint density at radius 3 is 2.57 bits per heavy atom. The van der Waals surface area contributed by atoms with Gasteiger partial charge < -0.3 is 16.4 Å². The number of halogens is 1. The van der Waals surface area contributed by atoms with Crippen molar-refractivity contribution in [2.45, 2.75) is 19.9 Å². The molecule has 0 aliphatic rings. The summed E-state index contributed by atoms with van der Waals surface area (Å²) in [6.45, 7) is 3.32. The van der Waals surface area contributed by atoms with Crippen molar-refractivity contribution in [2.75, 3.05) is 12.3 Å². The number of amides is 2. The molecule has 0 saturated carbocycles. The largest absolute Gasteiger partial charge is 0.392 e. The van der Waals surface area contributed by atoms with E-state index in [1.807, 2.05) is 0 Å². The van der Waals surface area contributed by atoms with Gasteiger partial charge in [-0.3, -0.25) is 19.7 Å². The summed E-state index contributed by atoms with van der Waals surface area (Å²) in [5.74, 6) is -1.02. The maximum atomic E-state index is 11.9. The van der Waals surface area contributed by atoms with Gasteiger partial charge in [0.25, 0.3) is 11.6 Å². The van der Waals surface area contributed by atoms with E-state index in [1.165, 1.54) is 6.07 Å². The summed E-state index contributed by atoms with van der Waals surface area (Å²) < 4.78 is 0. The Morgan fingerprint density at radius 1 is 1.43 bits per heavy atom. The molecule has 0 heterocycles. The fraction of sp³-hybridized carbons (Fsp3) is 0.333. The molecule has 0 unspecified atom stereocenters. The second-order valence-electron chi connectivity index (χ2n) is 4.55. The van der Waals surface area contributed by atoms with E-state index in [-0.39, 0.29) is 34.8 Å². The maximum Gasteiger partial charge on any atom is 0.294 e. The third kappa shape index (κ3) is 4.60. The normalized spacial score (nSPS) is 10.3. The first-order valence-electron chi connectivity index (χ1n) is 6.03. The number of hydrogen-bond acceptors (Lipinski definition) is 5. The molecule has 1 rings (SSSR count). The number of benzene rings is 1. The minimum absolute atomic E-state index is 0.0433. The van der Waals surface area contributed by atoms with Gasteiger partial charge in [0, 0.05) is 17.7 Å². The highest BCUT2D eigenvalue weighted by molar-refractivity contribution is 6.34. The lowest BCUT2D eigenvalue weighted by Crippen LogP contribution is -2.39. The summed E-state index contributed by atoms with van der Waals surface area (Å²) in [7, 11) is 0. The van der Waals surface area contributed by atoms with Crippen LogP contribution in [0.3, 0.4) is 0 Å². The number of carbonyl (C=O) groups is 2. The van der Waals surface area contributed by atoms with Crippen molar-refractivity contribution in [3.05, 3.63) is 32.8 Å². The van der Waals surface area contributed by atoms with Crippen molar-refractivity contribution in [2.24, 2.45) is 0 Å². The summed E-state index contributed by atoms with van der Waals surface area (Å²) in [6, 6.07) is 2.16. The highest BCUT2D eigenvalue weighted by atomic mass is 35.5. The predicted octanol–water partition coefficient (Wildman–Crippen LogP) is 1.08. The zero-order chi connectivity index (χ0) is 16.2. The quantitative estimate of drug-likeness (QED) is 0.426. The average Bonchev–Trinajstić information content (AvgIpc) is 2.37. The van der Waals surface area contributed by atoms with Crippen LogP contribution in [0.15, 0.2) is 12.1 Å². The summed E-state index contributed by atoms with van der Waals surface area (Å²) in [5.41, 5.74) is 4.75. The number of carbonyl (C=O) groups excluding carboxylic acids is 2. The lowest BCUT2D eigenvalue weighted by Gasteiger charge is -2.10. The van der Waals surface area contributed by atoms with Crippen LogP contribution in [0, 0.1) is 10.1 Å². The molecule has 0 radical (unpaired) electrons. The van der Waals surface area contributed by atoms with Gasteiger partial charge in [0.05, 0.1) is 16.5 Å². The standard InChI is InChI=1S/C12H15ClN4O4/c1-6(2)16-10(18)5-15-12(19)7-3-8(13)11(14)9(4-7)17(20)21/h3-4,6H,5,14H2,1-2H3,(H,15,19)(H,16,18). The molecule has 0 spiro atoms. The monoisotopic (exact) mass is 314 g/mol. The van der Waals surface area contributed by atoms with Crippen LogP contribution >= 0.6 is 11.6 Å². The molecule has 1 aromatic rings. The fourth-order valence-electron chi connectivity index (χ4n) is 1.52. The SMILES string of the molecule is CC(C)NC(=O)CNC(=O)c1cc(Cl)c(N)c([N+](=O)[O-])c1. The number of nitro benzene ring substituents is 1. The zero-order valence-corrected chi connectivity index (χ0v) is 12.2. The van der Waals surface area contributed by atoms with Crippen LogP contribution in [0.2, 0.25) is 5.02 Å². The predicted molar refractivity (Wildman–Crippen MR) is 78.1 cm³/mol. The number of rotatable bonds is 5. The van der Waals surface area contributed by atoms with E-state index in [9.17, 15) is 19.7 Å².